The molecule has 0 saturated carbocycles. The van der Waals surface area contributed by atoms with Crippen LogP contribution < -0.4 is 0 Å². The Morgan fingerprint density at radius 3 is 1.64 bits per heavy atom. The summed E-state index contributed by atoms with van der Waals surface area (Å²) in [6.07, 6.45) is -18.0. The van der Waals surface area contributed by atoms with Crippen molar-refractivity contribution in [2.24, 2.45) is 0 Å². The van der Waals surface area contributed by atoms with E-state index >= 15 is 0 Å². The number of carbonyl (C=O) groups is 1. The number of aliphatic hydroxyl groups excluding tert-OH is 9. The molecule has 0 aromatic carbocycles. The van der Waals surface area contributed by atoms with Gasteiger partial charge in [0.05, 0.1) is 26.9 Å². The Hall–Kier alpha value is -1.17. The fourth-order valence-electron chi connectivity index (χ4n) is 5.80. The van der Waals surface area contributed by atoms with Gasteiger partial charge in [-0.05, 0) is 12.8 Å². The van der Waals surface area contributed by atoms with Gasteiger partial charge in [-0.25, -0.2) is 0 Å². The monoisotopic (exact) mass is 688 g/mol. The Kier molecular flexibility index (Phi) is 17.0. The van der Waals surface area contributed by atoms with E-state index in [1.807, 2.05) is 0 Å². The first-order valence-corrected chi connectivity index (χ1v) is 15.9. The van der Waals surface area contributed by atoms with Crippen molar-refractivity contribution in [3.63, 3.8) is 0 Å². The van der Waals surface area contributed by atoms with E-state index in [0.29, 0.717) is 12.8 Å². The molecule has 47 heavy (non-hydrogen) atoms. The van der Waals surface area contributed by atoms with Gasteiger partial charge in [0.15, 0.2) is 18.9 Å². The van der Waals surface area contributed by atoms with Crippen molar-refractivity contribution in [2.45, 2.75) is 137 Å². The standard InChI is InChI=1S/C29H52O18/c1-40-17(33)9-7-5-3-4-6-8-10-42-27-23(39)25(20(36)16(13-32)43-27)46-29-26(21(37)18(34)14(11-30)45-29)47-28-22(38)24(41-2)19(35)15(12-31)44-28/h14-16,18-32,34-39H,3-13H2,1-2H3/t14-,15-,16-,18-,19-,20-,21+,22-,23-,24+,25+,26-,27+,28+,29+/m1/s1. The highest BCUT2D eigenvalue weighted by Gasteiger charge is 2.54. The number of hydrogen-bond donors (Lipinski definition) is 9. The second kappa shape index (κ2) is 19.9. The lowest BCUT2D eigenvalue weighted by Gasteiger charge is -2.48. The van der Waals surface area contributed by atoms with Crippen molar-refractivity contribution in [2.75, 3.05) is 40.6 Å². The fourth-order valence-corrected chi connectivity index (χ4v) is 5.80. The summed E-state index contributed by atoms with van der Waals surface area (Å²) >= 11 is 0. The number of carbonyl (C=O) groups excluding carboxylic acids is 1. The number of hydrogen-bond acceptors (Lipinski definition) is 18. The Labute approximate surface area is 272 Å². The second-order valence-electron chi connectivity index (χ2n) is 11.8. The van der Waals surface area contributed by atoms with Crippen LogP contribution in [0.3, 0.4) is 0 Å². The Balaban J connectivity index is 1.66. The van der Waals surface area contributed by atoms with Gasteiger partial charge in [0.25, 0.3) is 0 Å². The van der Waals surface area contributed by atoms with Crippen molar-refractivity contribution in [1.29, 1.82) is 0 Å². The summed E-state index contributed by atoms with van der Waals surface area (Å²) in [5.74, 6) is -0.243. The average Bonchev–Trinajstić information content (AvgIpc) is 3.07. The summed E-state index contributed by atoms with van der Waals surface area (Å²) in [4.78, 5) is 11.2. The van der Waals surface area contributed by atoms with Crippen LogP contribution >= 0.6 is 0 Å². The molecule has 276 valence electrons. The Morgan fingerprint density at radius 1 is 0.553 bits per heavy atom. The number of unbranched alkanes of at least 4 members (excludes halogenated alkanes) is 5. The van der Waals surface area contributed by atoms with Gasteiger partial charge >= 0.3 is 5.97 Å². The number of methoxy groups -OCH3 is 2. The van der Waals surface area contributed by atoms with Gasteiger partial charge in [0.1, 0.15) is 73.2 Å². The maximum atomic E-state index is 11.2. The SMILES string of the molecule is COC(=O)CCCCCCCCO[C@H]1O[C@H](CO)[C@@H](O)[C@H](O[C@@H]2O[C@H](CO)[C@@H](O)[C@H](O)[C@H]2O[C@@H]2O[C@H](CO)[C@@H](O)[C@H](OC)[C@H]2O)[C@H]1O. The first kappa shape index (κ1) is 40.3. The third kappa shape index (κ3) is 10.4. The van der Waals surface area contributed by atoms with Gasteiger partial charge in [-0.3, -0.25) is 4.79 Å². The molecular weight excluding hydrogens is 636 g/mol. The molecule has 9 N–H and O–H groups in total. The molecule has 18 nitrogen and oxygen atoms in total. The van der Waals surface area contributed by atoms with Gasteiger partial charge in [0.2, 0.25) is 0 Å². The van der Waals surface area contributed by atoms with Crippen LogP contribution in [0.25, 0.3) is 0 Å². The predicted octanol–water partition coefficient (Wildman–Crippen LogP) is -3.99. The van der Waals surface area contributed by atoms with Crippen LogP contribution in [0.5, 0.6) is 0 Å². The molecule has 0 radical (unpaired) electrons. The third-order valence-corrected chi connectivity index (χ3v) is 8.61. The zero-order valence-electron chi connectivity index (χ0n) is 26.6. The van der Waals surface area contributed by atoms with Crippen LogP contribution in [0, 0.1) is 0 Å². The molecule has 3 aliphatic rings. The average molecular weight is 689 g/mol. The van der Waals surface area contributed by atoms with E-state index in [4.69, 9.17) is 33.2 Å². The molecule has 0 unspecified atom stereocenters. The number of ether oxygens (including phenoxy) is 8. The minimum Gasteiger partial charge on any atom is -0.469 e. The van der Waals surface area contributed by atoms with E-state index in [1.165, 1.54) is 14.2 Å². The van der Waals surface area contributed by atoms with Gasteiger partial charge in [-0.2, -0.15) is 0 Å². The van der Waals surface area contributed by atoms with Crippen molar-refractivity contribution in [3.05, 3.63) is 0 Å². The summed E-state index contributed by atoms with van der Waals surface area (Å²) in [6.45, 7) is -1.99. The molecule has 3 saturated heterocycles. The molecule has 3 rings (SSSR count). The van der Waals surface area contributed by atoms with E-state index < -0.39 is 112 Å². The van der Waals surface area contributed by atoms with Crippen molar-refractivity contribution in [1.82, 2.24) is 0 Å². The molecule has 0 aliphatic carbocycles. The summed E-state index contributed by atoms with van der Waals surface area (Å²) in [7, 11) is 2.55. The maximum Gasteiger partial charge on any atom is 0.305 e. The maximum absolute atomic E-state index is 11.2. The van der Waals surface area contributed by atoms with Crippen LogP contribution in [0.2, 0.25) is 0 Å². The Bertz CT molecular complexity index is 899. The summed E-state index contributed by atoms with van der Waals surface area (Å²) in [5, 5.41) is 93.9. The zero-order chi connectivity index (χ0) is 34.7. The largest absolute Gasteiger partial charge is 0.469 e. The quantitative estimate of drug-likeness (QED) is 0.0490. The highest BCUT2D eigenvalue weighted by Crippen LogP contribution is 2.33. The van der Waals surface area contributed by atoms with Gasteiger partial charge in [-0.1, -0.05) is 25.7 Å². The van der Waals surface area contributed by atoms with E-state index in [-0.39, 0.29) is 12.6 Å². The fraction of sp³-hybridized carbons (Fsp3) is 0.966. The lowest BCUT2D eigenvalue weighted by atomic mass is 9.96. The van der Waals surface area contributed by atoms with Gasteiger partial charge in [0, 0.05) is 20.1 Å². The van der Waals surface area contributed by atoms with E-state index in [1.54, 1.807) is 0 Å². The number of rotatable bonds is 18. The molecule has 0 spiro atoms. The van der Waals surface area contributed by atoms with E-state index in [9.17, 15) is 50.8 Å². The van der Waals surface area contributed by atoms with Crippen molar-refractivity contribution < 1.29 is 88.6 Å². The predicted molar refractivity (Wildman–Crippen MR) is 154 cm³/mol. The topological polar surface area (TPSA) is 273 Å². The highest BCUT2D eigenvalue weighted by atomic mass is 16.8. The van der Waals surface area contributed by atoms with Crippen LogP contribution in [-0.4, -0.2) is 185 Å². The highest BCUT2D eigenvalue weighted by molar-refractivity contribution is 5.68. The van der Waals surface area contributed by atoms with Crippen LogP contribution in [-0.2, 0) is 42.7 Å². The lowest BCUT2D eigenvalue weighted by molar-refractivity contribution is -0.389. The first-order valence-electron chi connectivity index (χ1n) is 15.9. The Morgan fingerprint density at radius 2 is 1.04 bits per heavy atom. The molecule has 3 fully saturated rings. The van der Waals surface area contributed by atoms with E-state index in [2.05, 4.69) is 4.74 Å². The minimum atomic E-state index is -1.84. The molecule has 3 aliphatic heterocycles. The van der Waals surface area contributed by atoms with Crippen LogP contribution in [0.1, 0.15) is 44.9 Å². The number of esters is 1. The zero-order valence-corrected chi connectivity index (χ0v) is 26.6. The van der Waals surface area contributed by atoms with Gasteiger partial charge < -0.3 is 83.9 Å². The smallest absolute Gasteiger partial charge is 0.305 e. The molecule has 0 aromatic rings. The van der Waals surface area contributed by atoms with Crippen LogP contribution in [0.4, 0.5) is 0 Å². The number of aliphatic hydroxyl groups is 9. The summed E-state index contributed by atoms with van der Waals surface area (Å²) < 4.78 is 43.8. The minimum absolute atomic E-state index is 0.156. The van der Waals surface area contributed by atoms with Crippen LogP contribution in [0.15, 0.2) is 0 Å². The lowest BCUT2D eigenvalue weighted by Crippen LogP contribution is -2.67. The molecular formula is C29H52O18. The van der Waals surface area contributed by atoms with Crippen molar-refractivity contribution >= 4 is 5.97 Å². The third-order valence-electron chi connectivity index (χ3n) is 8.61. The normalized spacial score (nSPS) is 41.1. The summed E-state index contributed by atoms with van der Waals surface area (Å²) in [5.41, 5.74) is 0. The molecule has 0 bridgehead atoms. The molecule has 0 amide bonds. The molecule has 3 heterocycles. The molecule has 15 atom stereocenters. The molecule has 0 aromatic heterocycles. The molecule has 18 heteroatoms. The van der Waals surface area contributed by atoms with E-state index in [0.717, 1.165) is 32.1 Å². The second-order valence-corrected chi connectivity index (χ2v) is 11.8. The first-order chi connectivity index (χ1) is 22.5. The summed E-state index contributed by atoms with van der Waals surface area (Å²) in [6, 6.07) is 0. The van der Waals surface area contributed by atoms with Crippen molar-refractivity contribution in [3.8, 4) is 0 Å². The van der Waals surface area contributed by atoms with Gasteiger partial charge in [-0.15, -0.1) is 0 Å².